The summed E-state index contributed by atoms with van der Waals surface area (Å²) in [7, 11) is -1.49. The lowest BCUT2D eigenvalue weighted by atomic mass is 9.80. The molecule has 0 saturated carbocycles. The maximum atomic E-state index is 9.64. The van der Waals surface area contributed by atoms with Gasteiger partial charge in [0, 0.05) is 38.3 Å². The molecule has 7 aromatic rings. The number of nitrogens with one attached hydrogen (secondary N) is 1. The van der Waals surface area contributed by atoms with Gasteiger partial charge in [-0.05, 0) is 65.1 Å². The predicted molar refractivity (Wildman–Crippen MR) is 145 cm³/mol. The van der Waals surface area contributed by atoms with Crippen LogP contribution in [0.15, 0.2) is 109 Å². The number of hydrogen-bond acceptors (Lipinski definition) is 2. The minimum absolute atomic E-state index is 0.485. The fraction of sp³-hybridized carbons (Fsp3) is 0. The van der Waals surface area contributed by atoms with Crippen molar-refractivity contribution in [2.75, 3.05) is 0 Å². The summed E-state index contributed by atoms with van der Waals surface area (Å²) in [4.78, 5) is 3.43. The number of benzene rings is 5. The molecule has 166 valence electrons. The monoisotopic (exact) mass is 452 g/mol. The summed E-state index contributed by atoms with van der Waals surface area (Å²) in [6.07, 6.45) is 0. The number of H-pyrrole nitrogens is 1. The number of para-hydroxylation sites is 2. The summed E-state index contributed by atoms with van der Waals surface area (Å²) in [6.45, 7) is 0. The fourth-order valence-corrected chi connectivity index (χ4v) is 5.26. The topological polar surface area (TPSA) is 61.2 Å². The van der Waals surface area contributed by atoms with Gasteiger partial charge in [-0.2, -0.15) is 0 Å². The summed E-state index contributed by atoms with van der Waals surface area (Å²) in [5.74, 6) is 0. The average Bonchev–Trinajstić information content (AvgIpc) is 3.43. The van der Waals surface area contributed by atoms with Gasteiger partial charge in [0.25, 0.3) is 0 Å². The largest absolute Gasteiger partial charge is 0.488 e. The summed E-state index contributed by atoms with van der Waals surface area (Å²) in [5, 5.41) is 23.8. The van der Waals surface area contributed by atoms with Gasteiger partial charge in [-0.1, -0.05) is 60.7 Å². The Labute approximate surface area is 201 Å². The van der Waals surface area contributed by atoms with Gasteiger partial charge in [-0.3, -0.25) is 0 Å². The lowest BCUT2D eigenvalue weighted by Gasteiger charge is -2.08. The number of hydrogen-bond donors (Lipinski definition) is 3. The predicted octanol–water partition coefficient (Wildman–Crippen LogP) is 5.77. The molecule has 5 aromatic carbocycles. The van der Waals surface area contributed by atoms with E-state index in [1.54, 1.807) is 6.07 Å². The number of aromatic nitrogens is 2. The van der Waals surface area contributed by atoms with Gasteiger partial charge in [0.1, 0.15) is 0 Å². The molecular formula is C30H21BN2O2. The van der Waals surface area contributed by atoms with Gasteiger partial charge < -0.3 is 19.6 Å². The molecule has 0 aliphatic heterocycles. The van der Waals surface area contributed by atoms with Gasteiger partial charge >= 0.3 is 7.12 Å². The highest BCUT2D eigenvalue weighted by Gasteiger charge is 2.15. The Bertz CT molecular complexity index is 1880. The van der Waals surface area contributed by atoms with Crippen molar-refractivity contribution in [2.45, 2.75) is 0 Å². The van der Waals surface area contributed by atoms with Gasteiger partial charge in [-0.15, -0.1) is 0 Å². The molecule has 0 amide bonds. The van der Waals surface area contributed by atoms with E-state index in [0.29, 0.717) is 5.46 Å². The fourth-order valence-electron chi connectivity index (χ4n) is 5.26. The second-order valence-corrected chi connectivity index (χ2v) is 8.98. The zero-order valence-corrected chi connectivity index (χ0v) is 18.8. The van der Waals surface area contributed by atoms with E-state index in [4.69, 9.17) is 0 Å². The van der Waals surface area contributed by atoms with Crippen molar-refractivity contribution >= 4 is 56.2 Å². The number of fused-ring (bicyclic) bond motifs is 6. The first kappa shape index (κ1) is 20.1. The molecule has 0 atom stereocenters. The molecule has 0 aliphatic rings. The van der Waals surface area contributed by atoms with Gasteiger partial charge in [0.2, 0.25) is 0 Å². The van der Waals surface area contributed by atoms with E-state index < -0.39 is 7.12 Å². The summed E-state index contributed by atoms with van der Waals surface area (Å²) in [5.41, 5.74) is 8.25. The van der Waals surface area contributed by atoms with Gasteiger partial charge in [-0.25, -0.2) is 0 Å². The molecule has 5 heteroatoms. The molecule has 0 radical (unpaired) electrons. The molecule has 0 spiro atoms. The van der Waals surface area contributed by atoms with E-state index in [0.717, 1.165) is 38.6 Å². The van der Waals surface area contributed by atoms with Crippen LogP contribution in [0.1, 0.15) is 0 Å². The summed E-state index contributed by atoms with van der Waals surface area (Å²) < 4.78 is 2.32. The van der Waals surface area contributed by atoms with Crippen LogP contribution in [0.2, 0.25) is 0 Å². The van der Waals surface area contributed by atoms with Crippen LogP contribution in [0.5, 0.6) is 0 Å². The maximum absolute atomic E-state index is 9.64. The number of rotatable bonds is 3. The Morgan fingerprint density at radius 2 is 1.17 bits per heavy atom. The van der Waals surface area contributed by atoms with Gasteiger partial charge in [0.15, 0.2) is 0 Å². The van der Waals surface area contributed by atoms with Crippen molar-refractivity contribution in [2.24, 2.45) is 0 Å². The molecule has 0 unspecified atom stereocenters. The second kappa shape index (κ2) is 7.60. The molecule has 0 fully saturated rings. The van der Waals surface area contributed by atoms with E-state index in [9.17, 15) is 10.0 Å². The zero-order chi connectivity index (χ0) is 23.5. The van der Waals surface area contributed by atoms with Crippen molar-refractivity contribution in [3.8, 4) is 16.8 Å². The summed E-state index contributed by atoms with van der Waals surface area (Å²) >= 11 is 0. The molecule has 0 aliphatic carbocycles. The van der Waals surface area contributed by atoms with Gasteiger partial charge in [0.05, 0.1) is 11.0 Å². The molecule has 4 nitrogen and oxygen atoms in total. The number of nitrogens with zero attached hydrogens (tertiary/aromatic N) is 1. The van der Waals surface area contributed by atoms with Crippen LogP contribution in [-0.2, 0) is 0 Å². The summed E-state index contributed by atoms with van der Waals surface area (Å²) in [6, 6.07) is 37.6. The first-order valence-corrected chi connectivity index (χ1v) is 11.7. The Morgan fingerprint density at radius 3 is 1.97 bits per heavy atom. The Hall–Kier alpha value is -4.32. The van der Waals surface area contributed by atoms with Crippen molar-refractivity contribution in [1.29, 1.82) is 0 Å². The third-order valence-electron chi connectivity index (χ3n) is 6.94. The highest BCUT2D eigenvalue weighted by atomic mass is 16.4. The minimum Gasteiger partial charge on any atom is -0.423 e. The lowest BCUT2D eigenvalue weighted by Crippen LogP contribution is -2.29. The third kappa shape index (κ3) is 3.10. The SMILES string of the molecule is OB(O)c1ccc2[nH]c3ccc(-c4ccc5c(c4)c4ccccc4n5-c4ccccc4)cc3c2c1. The number of aromatic amines is 1. The zero-order valence-electron chi connectivity index (χ0n) is 18.8. The standard InChI is InChI=1S/C30H21BN2O2/c34-31(35)21-12-14-28-25(18-21)24-16-19(10-13-27(24)32-28)20-11-15-30-26(17-20)23-8-4-5-9-29(23)33(30)22-6-2-1-3-7-22/h1-18,32,34-35H. The van der Waals surface area contributed by atoms with Crippen LogP contribution in [0.4, 0.5) is 0 Å². The average molecular weight is 452 g/mol. The Balaban J connectivity index is 1.45. The Morgan fingerprint density at radius 1 is 0.543 bits per heavy atom. The van der Waals surface area contributed by atoms with E-state index in [2.05, 4.69) is 94.5 Å². The molecule has 3 N–H and O–H groups in total. The molecule has 35 heavy (non-hydrogen) atoms. The van der Waals surface area contributed by atoms with Crippen molar-refractivity contribution in [3.63, 3.8) is 0 Å². The molecule has 0 saturated heterocycles. The van der Waals surface area contributed by atoms with Crippen LogP contribution >= 0.6 is 0 Å². The third-order valence-corrected chi connectivity index (χ3v) is 6.94. The van der Waals surface area contributed by atoms with Crippen molar-refractivity contribution in [3.05, 3.63) is 109 Å². The van der Waals surface area contributed by atoms with E-state index in [1.807, 2.05) is 18.2 Å². The highest BCUT2D eigenvalue weighted by molar-refractivity contribution is 6.59. The van der Waals surface area contributed by atoms with E-state index in [-0.39, 0.29) is 0 Å². The van der Waals surface area contributed by atoms with Crippen LogP contribution in [0.3, 0.4) is 0 Å². The second-order valence-electron chi connectivity index (χ2n) is 8.98. The molecule has 2 heterocycles. The smallest absolute Gasteiger partial charge is 0.423 e. The first-order chi connectivity index (χ1) is 17.2. The normalized spacial score (nSPS) is 11.7. The quantitative estimate of drug-likeness (QED) is 0.299. The van der Waals surface area contributed by atoms with Crippen LogP contribution in [-0.4, -0.2) is 26.7 Å². The van der Waals surface area contributed by atoms with Crippen LogP contribution in [0, 0.1) is 0 Å². The minimum atomic E-state index is -1.49. The van der Waals surface area contributed by atoms with Crippen molar-refractivity contribution in [1.82, 2.24) is 9.55 Å². The van der Waals surface area contributed by atoms with E-state index >= 15 is 0 Å². The lowest BCUT2D eigenvalue weighted by molar-refractivity contribution is 0.426. The first-order valence-electron chi connectivity index (χ1n) is 11.7. The Kier molecular flexibility index (Phi) is 4.36. The molecule has 0 bridgehead atoms. The van der Waals surface area contributed by atoms with Crippen LogP contribution in [0.25, 0.3) is 60.4 Å². The molecule has 7 rings (SSSR count). The maximum Gasteiger partial charge on any atom is 0.488 e. The van der Waals surface area contributed by atoms with Crippen molar-refractivity contribution < 1.29 is 10.0 Å². The van der Waals surface area contributed by atoms with E-state index in [1.165, 1.54) is 21.8 Å². The highest BCUT2D eigenvalue weighted by Crippen LogP contribution is 2.36. The molecule has 2 aromatic heterocycles. The van der Waals surface area contributed by atoms with Crippen LogP contribution < -0.4 is 5.46 Å². The molecular weight excluding hydrogens is 431 g/mol.